The van der Waals surface area contributed by atoms with Gasteiger partial charge in [0.05, 0.1) is 6.04 Å². The lowest BCUT2D eigenvalue weighted by Gasteiger charge is -2.22. The maximum atomic E-state index is 12.3. The van der Waals surface area contributed by atoms with Gasteiger partial charge in [-0.05, 0) is 44.7 Å². The van der Waals surface area contributed by atoms with Crippen LogP contribution in [0.25, 0.3) is 0 Å². The van der Waals surface area contributed by atoms with Crippen LogP contribution < -0.4 is 21.3 Å². The van der Waals surface area contributed by atoms with Gasteiger partial charge in [-0.3, -0.25) is 14.4 Å². The number of hydrogen-bond acceptors (Lipinski definition) is 7. The van der Waals surface area contributed by atoms with Gasteiger partial charge in [-0.2, -0.15) is 24.4 Å². The first kappa shape index (κ1) is 23.6. The lowest BCUT2D eigenvalue weighted by atomic mass is 10.2. The van der Waals surface area contributed by atoms with E-state index in [1.165, 1.54) is 18.7 Å². The topological polar surface area (TPSA) is 137 Å². The highest BCUT2D eigenvalue weighted by Crippen LogP contribution is 2.05. The molecule has 1 aliphatic heterocycles. The Balaban J connectivity index is 2.55. The van der Waals surface area contributed by atoms with E-state index >= 15 is 0 Å². The predicted octanol–water partition coefficient (Wildman–Crippen LogP) is -1.02. The van der Waals surface area contributed by atoms with Crippen molar-refractivity contribution in [2.24, 2.45) is 0 Å². The van der Waals surface area contributed by atoms with Crippen LogP contribution in [0.4, 0.5) is 0 Å². The Hall–Kier alpha value is -1.46. The molecule has 5 N–H and O–H groups in total. The largest absolute Gasteiger partial charge is 0.480 e. The molecule has 0 saturated carbocycles. The van der Waals surface area contributed by atoms with Crippen LogP contribution in [-0.2, 0) is 19.2 Å². The normalized spacial score (nSPS) is 19.6. The Morgan fingerprint density at radius 3 is 2.37 bits per heavy atom. The fraction of sp³-hybridized carbons (Fsp3) is 0.750. The van der Waals surface area contributed by atoms with Gasteiger partial charge in [0.25, 0.3) is 0 Å². The molecule has 1 rings (SSSR count). The molecule has 0 aliphatic carbocycles. The fourth-order valence-electron chi connectivity index (χ4n) is 2.54. The molecule has 154 valence electrons. The first-order chi connectivity index (χ1) is 12.8. The lowest BCUT2D eigenvalue weighted by Crippen LogP contribution is -2.56. The third-order valence-corrected chi connectivity index (χ3v) is 5.18. The smallest absolute Gasteiger partial charge is 0.326 e. The van der Waals surface area contributed by atoms with Crippen LogP contribution in [0.1, 0.15) is 26.2 Å². The molecule has 9 nitrogen and oxygen atoms in total. The van der Waals surface area contributed by atoms with Gasteiger partial charge < -0.3 is 26.4 Å². The Labute approximate surface area is 168 Å². The second-order valence-electron chi connectivity index (χ2n) is 6.30. The maximum absolute atomic E-state index is 12.3. The highest BCUT2D eigenvalue weighted by molar-refractivity contribution is 7.98. The van der Waals surface area contributed by atoms with Gasteiger partial charge in [0, 0.05) is 5.75 Å². The minimum Gasteiger partial charge on any atom is -0.480 e. The number of thioether (sulfide) groups is 1. The molecule has 1 fully saturated rings. The zero-order valence-corrected chi connectivity index (χ0v) is 17.2. The van der Waals surface area contributed by atoms with E-state index in [1.54, 1.807) is 0 Å². The molecule has 0 spiro atoms. The summed E-state index contributed by atoms with van der Waals surface area (Å²) in [5.41, 5.74) is 0. The summed E-state index contributed by atoms with van der Waals surface area (Å²) in [6.45, 7) is 2.29. The molecule has 27 heavy (non-hydrogen) atoms. The first-order valence-corrected chi connectivity index (χ1v) is 10.8. The Bertz CT molecular complexity index is 543. The molecule has 1 heterocycles. The molecule has 0 aromatic heterocycles. The molecule has 0 aromatic rings. The van der Waals surface area contributed by atoms with E-state index in [1.807, 2.05) is 6.26 Å². The van der Waals surface area contributed by atoms with Gasteiger partial charge in [-0.1, -0.05) is 0 Å². The maximum Gasteiger partial charge on any atom is 0.326 e. The zero-order chi connectivity index (χ0) is 20.4. The van der Waals surface area contributed by atoms with Crippen molar-refractivity contribution in [1.82, 2.24) is 21.3 Å². The quantitative estimate of drug-likeness (QED) is 0.235. The molecule has 0 aromatic carbocycles. The third kappa shape index (κ3) is 7.97. The first-order valence-electron chi connectivity index (χ1n) is 8.77. The number of aliphatic carboxylic acids is 1. The molecule has 3 amide bonds. The minimum atomic E-state index is -1.13. The minimum absolute atomic E-state index is 0.00269. The van der Waals surface area contributed by atoms with Gasteiger partial charge in [0.15, 0.2) is 0 Å². The molecule has 0 bridgehead atoms. The van der Waals surface area contributed by atoms with Crippen LogP contribution in [0.2, 0.25) is 0 Å². The predicted molar refractivity (Wildman–Crippen MR) is 107 cm³/mol. The SMILES string of the molecule is CSCCC(NC(=O)C(CS)NC(=O)C(C)NC(=O)C1CCCN1)C(=O)O. The Morgan fingerprint density at radius 1 is 1.19 bits per heavy atom. The van der Waals surface area contributed by atoms with E-state index in [0.717, 1.165) is 13.0 Å². The van der Waals surface area contributed by atoms with Gasteiger partial charge in [0.2, 0.25) is 17.7 Å². The molecule has 1 aliphatic rings. The monoisotopic (exact) mass is 420 g/mol. The van der Waals surface area contributed by atoms with Crippen LogP contribution in [0.5, 0.6) is 0 Å². The molecule has 4 atom stereocenters. The summed E-state index contributed by atoms with van der Waals surface area (Å²) in [5.74, 6) is -1.98. The van der Waals surface area contributed by atoms with Crippen LogP contribution in [-0.4, -0.2) is 77.3 Å². The van der Waals surface area contributed by atoms with E-state index in [0.29, 0.717) is 12.2 Å². The van der Waals surface area contributed by atoms with Crippen molar-refractivity contribution in [1.29, 1.82) is 0 Å². The number of carboxylic acid groups (broad SMARTS) is 1. The van der Waals surface area contributed by atoms with Gasteiger partial charge in [0.1, 0.15) is 18.1 Å². The Kier molecular flexibility index (Phi) is 10.6. The summed E-state index contributed by atoms with van der Waals surface area (Å²) in [4.78, 5) is 47.9. The van der Waals surface area contributed by atoms with Gasteiger partial charge in [-0.25, -0.2) is 4.79 Å². The van der Waals surface area contributed by atoms with Crippen LogP contribution in [0.3, 0.4) is 0 Å². The van der Waals surface area contributed by atoms with Crippen LogP contribution >= 0.6 is 24.4 Å². The van der Waals surface area contributed by atoms with Gasteiger partial charge in [-0.15, -0.1) is 0 Å². The van der Waals surface area contributed by atoms with Crippen molar-refractivity contribution in [2.75, 3.05) is 24.3 Å². The number of rotatable bonds is 11. The second kappa shape index (κ2) is 12.1. The highest BCUT2D eigenvalue weighted by atomic mass is 32.2. The number of carbonyl (C=O) groups is 4. The summed E-state index contributed by atoms with van der Waals surface area (Å²) in [6, 6.07) is -3.17. The van der Waals surface area contributed by atoms with Crippen molar-refractivity contribution in [3.05, 3.63) is 0 Å². The standard InChI is InChI=1S/C16H28N4O5S2/c1-9(18-14(22)10-4-3-6-17-10)13(21)20-12(8-26)15(23)19-11(16(24)25)5-7-27-2/h9-12,17,26H,3-8H2,1-2H3,(H,18,22)(H,19,23)(H,20,21)(H,24,25). The summed E-state index contributed by atoms with van der Waals surface area (Å²) >= 11 is 5.53. The molecule has 11 heteroatoms. The van der Waals surface area contributed by atoms with E-state index in [4.69, 9.17) is 0 Å². The third-order valence-electron chi connectivity index (χ3n) is 4.17. The molecule has 0 radical (unpaired) electrons. The van der Waals surface area contributed by atoms with Crippen molar-refractivity contribution in [2.45, 2.75) is 50.4 Å². The van der Waals surface area contributed by atoms with Crippen LogP contribution in [0, 0.1) is 0 Å². The van der Waals surface area contributed by atoms with Crippen LogP contribution in [0.15, 0.2) is 0 Å². The van der Waals surface area contributed by atoms with Gasteiger partial charge >= 0.3 is 5.97 Å². The van der Waals surface area contributed by atoms with E-state index < -0.39 is 35.9 Å². The van der Waals surface area contributed by atoms with Crippen molar-refractivity contribution in [3.8, 4) is 0 Å². The number of amides is 3. The number of hydrogen-bond donors (Lipinski definition) is 6. The van der Waals surface area contributed by atoms with E-state index in [-0.39, 0.29) is 24.1 Å². The average Bonchev–Trinajstić information content (AvgIpc) is 3.17. The van der Waals surface area contributed by atoms with Crippen molar-refractivity contribution < 1.29 is 24.3 Å². The fourth-order valence-corrected chi connectivity index (χ4v) is 3.27. The number of nitrogens with one attached hydrogen (secondary N) is 4. The summed E-state index contributed by atoms with van der Waals surface area (Å²) < 4.78 is 0. The number of carboxylic acids is 1. The molecule has 1 saturated heterocycles. The molecular weight excluding hydrogens is 392 g/mol. The average molecular weight is 421 g/mol. The second-order valence-corrected chi connectivity index (χ2v) is 7.65. The van der Waals surface area contributed by atoms with E-state index in [9.17, 15) is 24.3 Å². The lowest BCUT2D eigenvalue weighted by molar-refractivity contribution is -0.142. The van der Waals surface area contributed by atoms with Crippen molar-refractivity contribution in [3.63, 3.8) is 0 Å². The number of thiol groups is 1. The van der Waals surface area contributed by atoms with Crippen molar-refractivity contribution >= 4 is 48.1 Å². The van der Waals surface area contributed by atoms with E-state index in [2.05, 4.69) is 33.9 Å². The summed E-state index contributed by atoms with van der Waals surface area (Å²) in [6.07, 6.45) is 3.74. The summed E-state index contributed by atoms with van der Waals surface area (Å²) in [5, 5.41) is 19.8. The Morgan fingerprint density at radius 2 is 1.85 bits per heavy atom. The molecular formula is C16H28N4O5S2. The zero-order valence-electron chi connectivity index (χ0n) is 15.5. The molecule has 4 unspecified atom stereocenters. The number of carbonyl (C=O) groups excluding carboxylic acids is 3. The highest BCUT2D eigenvalue weighted by Gasteiger charge is 2.29. The summed E-state index contributed by atoms with van der Waals surface area (Å²) in [7, 11) is 0.